The van der Waals surface area contributed by atoms with Crippen molar-refractivity contribution in [3.05, 3.63) is 48.5 Å². The smallest absolute Gasteiger partial charge is 0.257 e. The molecule has 0 radical (unpaired) electrons. The van der Waals surface area contributed by atoms with Crippen LogP contribution in [0.4, 0.5) is 0 Å². The van der Waals surface area contributed by atoms with E-state index in [0.29, 0.717) is 30.5 Å². The van der Waals surface area contributed by atoms with Gasteiger partial charge in [0.2, 0.25) is 0 Å². The first kappa shape index (κ1) is 17.5. The minimum atomic E-state index is 0.0465. The average Bonchev–Trinajstić information content (AvgIpc) is 3.16. The predicted octanol–water partition coefficient (Wildman–Crippen LogP) is 2.30. The van der Waals surface area contributed by atoms with Crippen LogP contribution in [0.3, 0.4) is 0 Å². The van der Waals surface area contributed by atoms with Gasteiger partial charge in [0.05, 0.1) is 17.9 Å². The van der Waals surface area contributed by atoms with E-state index in [1.807, 2.05) is 55.8 Å². The first-order valence-electron chi connectivity index (χ1n) is 8.78. The second-order valence-electron chi connectivity index (χ2n) is 6.71. The fourth-order valence-corrected chi connectivity index (χ4v) is 3.15. The van der Waals surface area contributed by atoms with E-state index in [9.17, 15) is 4.79 Å². The SMILES string of the molecule is CN(C)CCOc1ccccc1C(=O)N1CCCC(n2ccnc2)C1. The van der Waals surface area contributed by atoms with Crippen LogP contribution in [-0.2, 0) is 0 Å². The molecule has 1 aliphatic heterocycles. The number of amides is 1. The number of imidazole rings is 1. The van der Waals surface area contributed by atoms with Crippen molar-refractivity contribution in [2.45, 2.75) is 18.9 Å². The van der Waals surface area contributed by atoms with Crippen LogP contribution in [-0.4, -0.2) is 65.6 Å². The molecular formula is C19H26N4O2. The van der Waals surface area contributed by atoms with Crippen molar-refractivity contribution in [3.8, 4) is 5.75 Å². The maximum absolute atomic E-state index is 13.0. The number of likely N-dealkylation sites (N-methyl/N-ethyl adjacent to an activating group) is 1. The molecule has 0 bridgehead atoms. The molecule has 1 aliphatic rings. The van der Waals surface area contributed by atoms with Crippen LogP contribution in [0.2, 0.25) is 0 Å². The zero-order chi connectivity index (χ0) is 17.6. The Morgan fingerprint density at radius 2 is 2.20 bits per heavy atom. The number of nitrogens with zero attached hydrogens (tertiary/aromatic N) is 4. The summed E-state index contributed by atoms with van der Waals surface area (Å²) in [6.07, 6.45) is 7.65. The van der Waals surface area contributed by atoms with Gasteiger partial charge in [-0.05, 0) is 39.1 Å². The van der Waals surface area contributed by atoms with Gasteiger partial charge in [-0.3, -0.25) is 4.79 Å². The summed E-state index contributed by atoms with van der Waals surface area (Å²) in [5, 5.41) is 0. The second kappa shape index (κ2) is 8.16. The largest absolute Gasteiger partial charge is 0.491 e. The minimum absolute atomic E-state index is 0.0465. The molecule has 2 heterocycles. The van der Waals surface area contributed by atoms with E-state index in [2.05, 4.69) is 14.5 Å². The van der Waals surface area contributed by atoms with Gasteiger partial charge in [-0.1, -0.05) is 12.1 Å². The van der Waals surface area contributed by atoms with Gasteiger partial charge in [0, 0.05) is 32.0 Å². The lowest BCUT2D eigenvalue weighted by Gasteiger charge is -2.33. The molecule has 134 valence electrons. The summed E-state index contributed by atoms with van der Waals surface area (Å²) in [6, 6.07) is 7.83. The molecule has 0 N–H and O–H groups in total. The summed E-state index contributed by atoms with van der Waals surface area (Å²) in [4.78, 5) is 21.2. The van der Waals surface area contributed by atoms with Gasteiger partial charge in [-0.2, -0.15) is 0 Å². The third kappa shape index (κ3) is 4.39. The molecule has 6 nitrogen and oxygen atoms in total. The van der Waals surface area contributed by atoms with Crippen molar-refractivity contribution in [1.82, 2.24) is 19.4 Å². The van der Waals surface area contributed by atoms with Crippen LogP contribution in [0.1, 0.15) is 29.2 Å². The number of likely N-dealkylation sites (tertiary alicyclic amines) is 1. The van der Waals surface area contributed by atoms with E-state index < -0.39 is 0 Å². The van der Waals surface area contributed by atoms with Gasteiger partial charge in [0.15, 0.2) is 0 Å². The van der Waals surface area contributed by atoms with Crippen LogP contribution in [0.5, 0.6) is 5.75 Å². The number of aromatic nitrogens is 2. The normalized spacial score (nSPS) is 17.7. The van der Waals surface area contributed by atoms with E-state index in [0.717, 1.165) is 25.9 Å². The third-order valence-corrected chi connectivity index (χ3v) is 4.54. The number of piperidine rings is 1. The maximum Gasteiger partial charge on any atom is 0.257 e. The molecule has 3 rings (SSSR count). The summed E-state index contributed by atoms with van der Waals surface area (Å²) in [6.45, 7) is 2.88. The van der Waals surface area contributed by atoms with Gasteiger partial charge in [-0.15, -0.1) is 0 Å². The highest BCUT2D eigenvalue weighted by molar-refractivity contribution is 5.97. The second-order valence-corrected chi connectivity index (χ2v) is 6.71. The lowest BCUT2D eigenvalue weighted by molar-refractivity contribution is 0.0674. The molecule has 1 amide bonds. The van der Waals surface area contributed by atoms with E-state index in [1.54, 1.807) is 6.20 Å². The Balaban J connectivity index is 1.70. The van der Waals surface area contributed by atoms with Crippen molar-refractivity contribution in [1.29, 1.82) is 0 Å². The summed E-state index contributed by atoms with van der Waals surface area (Å²) in [5.74, 6) is 0.712. The average molecular weight is 342 g/mol. The zero-order valence-corrected chi connectivity index (χ0v) is 15.0. The van der Waals surface area contributed by atoms with E-state index in [-0.39, 0.29) is 5.91 Å². The predicted molar refractivity (Wildman–Crippen MR) is 96.9 cm³/mol. The van der Waals surface area contributed by atoms with Crippen LogP contribution in [0.25, 0.3) is 0 Å². The highest BCUT2D eigenvalue weighted by Gasteiger charge is 2.26. The lowest BCUT2D eigenvalue weighted by Crippen LogP contribution is -2.40. The number of ether oxygens (including phenoxy) is 1. The minimum Gasteiger partial charge on any atom is -0.491 e. The summed E-state index contributed by atoms with van der Waals surface area (Å²) in [7, 11) is 4.01. The van der Waals surface area contributed by atoms with E-state index >= 15 is 0 Å². The number of hydrogen-bond acceptors (Lipinski definition) is 4. The Kier molecular flexibility index (Phi) is 5.71. The van der Waals surface area contributed by atoms with Crippen LogP contribution >= 0.6 is 0 Å². The van der Waals surface area contributed by atoms with Crippen LogP contribution in [0.15, 0.2) is 43.0 Å². The molecule has 2 aromatic rings. The van der Waals surface area contributed by atoms with Crippen molar-refractivity contribution < 1.29 is 9.53 Å². The molecule has 1 aromatic heterocycles. The van der Waals surface area contributed by atoms with Crippen molar-refractivity contribution in [3.63, 3.8) is 0 Å². The Morgan fingerprint density at radius 3 is 2.96 bits per heavy atom. The fraction of sp³-hybridized carbons (Fsp3) is 0.474. The zero-order valence-electron chi connectivity index (χ0n) is 15.0. The highest BCUT2D eigenvalue weighted by atomic mass is 16.5. The quantitative estimate of drug-likeness (QED) is 0.808. The van der Waals surface area contributed by atoms with Gasteiger partial charge < -0.3 is 19.1 Å². The molecule has 1 aromatic carbocycles. The molecule has 1 saturated heterocycles. The fourth-order valence-electron chi connectivity index (χ4n) is 3.15. The van der Waals surface area contributed by atoms with Gasteiger partial charge >= 0.3 is 0 Å². The standard InChI is InChI=1S/C19H26N4O2/c1-21(2)12-13-25-18-8-4-3-7-17(18)19(24)22-10-5-6-16(14-22)23-11-9-20-15-23/h3-4,7-9,11,15-16H,5-6,10,12-14H2,1-2H3. The maximum atomic E-state index is 13.0. The van der Waals surface area contributed by atoms with Crippen molar-refractivity contribution >= 4 is 5.91 Å². The molecule has 25 heavy (non-hydrogen) atoms. The number of hydrogen-bond donors (Lipinski definition) is 0. The monoisotopic (exact) mass is 342 g/mol. The number of para-hydroxylation sites is 1. The van der Waals surface area contributed by atoms with Crippen molar-refractivity contribution in [2.24, 2.45) is 0 Å². The molecule has 0 spiro atoms. The summed E-state index contributed by atoms with van der Waals surface area (Å²) in [5.41, 5.74) is 0.646. The summed E-state index contributed by atoms with van der Waals surface area (Å²) >= 11 is 0. The molecule has 0 aliphatic carbocycles. The first-order valence-corrected chi connectivity index (χ1v) is 8.78. The Hall–Kier alpha value is -2.34. The highest BCUT2D eigenvalue weighted by Crippen LogP contribution is 2.25. The number of carbonyl (C=O) groups is 1. The van der Waals surface area contributed by atoms with Crippen LogP contribution in [0, 0.1) is 0 Å². The molecule has 1 fully saturated rings. The third-order valence-electron chi connectivity index (χ3n) is 4.54. The summed E-state index contributed by atoms with van der Waals surface area (Å²) < 4.78 is 7.95. The van der Waals surface area contributed by atoms with Gasteiger partial charge in [-0.25, -0.2) is 4.98 Å². The van der Waals surface area contributed by atoms with Crippen molar-refractivity contribution in [2.75, 3.05) is 40.3 Å². The Bertz CT molecular complexity index is 684. The number of rotatable bonds is 6. The number of carbonyl (C=O) groups excluding carboxylic acids is 1. The Morgan fingerprint density at radius 1 is 1.36 bits per heavy atom. The van der Waals surface area contributed by atoms with Crippen LogP contribution < -0.4 is 4.74 Å². The molecule has 0 saturated carbocycles. The lowest BCUT2D eigenvalue weighted by atomic mass is 10.0. The topological polar surface area (TPSA) is 50.6 Å². The van der Waals surface area contributed by atoms with Gasteiger partial charge in [0.25, 0.3) is 5.91 Å². The molecule has 1 atom stereocenters. The molecular weight excluding hydrogens is 316 g/mol. The number of benzene rings is 1. The first-order chi connectivity index (χ1) is 12.1. The van der Waals surface area contributed by atoms with E-state index in [4.69, 9.17) is 4.74 Å². The molecule has 1 unspecified atom stereocenters. The molecule has 6 heteroatoms. The Labute approximate surface area is 149 Å². The van der Waals surface area contributed by atoms with Gasteiger partial charge in [0.1, 0.15) is 12.4 Å². The van der Waals surface area contributed by atoms with E-state index in [1.165, 1.54) is 0 Å².